The Morgan fingerprint density at radius 2 is 0.625 bits per heavy atom. The van der Waals surface area contributed by atoms with Crippen molar-refractivity contribution < 1.29 is 0 Å². The van der Waals surface area contributed by atoms with Gasteiger partial charge in [0.15, 0.2) is 17.5 Å². The molecule has 0 amide bonds. The predicted molar refractivity (Wildman–Crippen MR) is 327 cm³/mol. The summed E-state index contributed by atoms with van der Waals surface area (Å²) >= 11 is 3.85. The first-order valence-corrected chi connectivity index (χ1v) is 24.1. The number of hydrogen-bond acceptors (Lipinski definition) is 5. The average molecular weight is 839 g/mol. The summed E-state index contributed by atoms with van der Waals surface area (Å²) in [5.74, 6) is 2.13. The summed E-state index contributed by atoms with van der Waals surface area (Å²) in [6.07, 6.45) is 0. The van der Waals surface area contributed by atoms with Crippen LogP contribution < -0.4 is 76.5 Å². The molecule has 0 bridgehead atoms. The Labute approximate surface area is 397 Å². The standard InChI is InChI=1S/C45H41B14N3S2/c46-25-19-21-27(48)32(53)35(56)38(59)42(21)64-40(19)36(57)29(50)23(25)44-60-43(16-11-9-15(10-12-16)18-8-4-7-17(13-18)14-5-2-1-3-6-14)61-45(62-44)24-30(51)31(52)26(47)20-22-28(49)33(54)34(55)37(58)41(22)63-39(20)24/h1-13H,46-59H2. The number of benzene rings is 7. The van der Waals surface area contributed by atoms with Gasteiger partial charge >= 0.3 is 0 Å². The Hall–Kier alpha value is -5.10. The van der Waals surface area contributed by atoms with E-state index in [0.29, 0.717) is 5.82 Å². The second-order valence-electron chi connectivity index (χ2n) is 18.4. The molecule has 0 aliphatic rings. The first-order valence-electron chi connectivity index (χ1n) is 22.5. The lowest BCUT2D eigenvalue weighted by molar-refractivity contribution is 1.08. The molecule has 3 aromatic heterocycles. The summed E-state index contributed by atoms with van der Waals surface area (Å²) in [4.78, 5) is 16.6. The molecule has 0 spiro atoms. The van der Waals surface area contributed by atoms with E-state index in [1.54, 1.807) is 0 Å². The quantitative estimate of drug-likeness (QED) is 0.162. The minimum absolute atomic E-state index is 0.681. The zero-order valence-corrected chi connectivity index (χ0v) is 41.3. The van der Waals surface area contributed by atoms with E-state index in [0.717, 1.165) is 33.9 Å². The van der Waals surface area contributed by atoms with Gasteiger partial charge in [-0.1, -0.05) is 127 Å². The SMILES string of the molecule is Bc1c(B)c(B)c2c(sc3c(B)c(B)c(-c4nc(-c5ccc(-c6cccc(-c7ccccc7)c6)cc5)nc(-c5c(B)c(B)c(B)c6c5sc5c(B)c(B)c(B)c(B)c56)n4)c(B)c32)c1B. The van der Waals surface area contributed by atoms with Crippen LogP contribution in [-0.2, 0) is 0 Å². The van der Waals surface area contributed by atoms with Crippen LogP contribution in [0, 0.1) is 0 Å². The Kier molecular flexibility index (Phi) is 10.6. The summed E-state index contributed by atoms with van der Waals surface area (Å²) in [5, 5.41) is 5.41. The normalized spacial score (nSPS) is 11.7. The van der Waals surface area contributed by atoms with Crippen LogP contribution in [0.5, 0.6) is 0 Å². The molecule has 64 heavy (non-hydrogen) atoms. The van der Waals surface area contributed by atoms with Crippen molar-refractivity contribution >= 4 is 249 Å². The molecular formula is C45H41B14N3S2. The van der Waals surface area contributed by atoms with Crippen molar-refractivity contribution in [3.05, 3.63) is 78.9 Å². The number of rotatable bonds is 5. The van der Waals surface area contributed by atoms with E-state index in [9.17, 15) is 0 Å². The first-order chi connectivity index (χ1) is 30.6. The van der Waals surface area contributed by atoms with E-state index in [-0.39, 0.29) is 0 Å². The minimum atomic E-state index is 0.681. The molecule has 0 aliphatic heterocycles. The van der Waals surface area contributed by atoms with Gasteiger partial charge in [-0.25, -0.2) is 15.0 Å². The zero-order valence-electron chi connectivity index (χ0n) is 39.7. The van der Waals surface area contributed by atoms with E-state index in [1.807, 2.05) is 22.7 Å². The number of nitrogens with zero attached hydrogens (tertiary/aromatic N) is 3. The van der Waals surface area contributed by atoms with E-state index >= 15 is 0 Å². The number of aromatic nitrogens is 3. The van der Waals surface area contributed by atoms with E-state index in [1.165, 1.54) is 134 Å². The summed E-state index contributed by atoms with van der Waals surface area (Å²) in [5.41, 5.74) is 26.5. The second kappa shape index (κ2) is 15.8. The van der Waals surface area contributed by atoms with Crippen molar-refractivity contribution in [1.82, 2.24) is 15.0 Å². The van der Waals surface area contributed by atoms with Gasteiger partial charge in [0.1, 0.15) is 110 Å². The van der Waals surface area contributed by atoms with Crippen LogP contribution >= 0.6 is 22.7 Å². The lowest BCUT2D eigenvalue weighted by atomic mass is 9.64. The molecule has 3 nitrogen and oxygen atoms in total. The van der Waals surface area contributed by atoms with E-state index in [2.05, 4.69) is 189 Å². The van der Waals surface area contributed by atoms with Crippen LogP contribution in [0.1, 0.15) is 0 Å². The summed E-state index contributed by atoms with van der Waals surface area (Å²) in [6, 6.07) is 28.2. The summed E-state index contributed by atoms with van der Waals surface area (Å²) in [6.45, 7) is 0. The topological polar surface area (TPSA) is 38.7 Å². The van der Waals surface area contributed by atoms with Gasteiger partial charge < -0.3 is 0 Å². The molecule has 19 heteroatoms. The molecule has 0 N–H and O–H groups in total. The lowest BCUT2D eigenvalue weighted by Crippen LogP contribution is -2.47. The fourth-order valence-corrected chi connectivity index (χ4v) is 13.4. The number of fused-ring (bicyclic) bond motifs is 6. The third kappa shape index (κ3) is 6.38. The highest BCUT2D eigenvalue weighted by Crippen LogP contribution is 2.37. The van der Waals surface area contributed by atoms with Gasteiger partial charge in [-0.05, 0) is 49.9 Å². The monoisotopic (exact) mass is 841 g/mol. The third-order valence-electron chi connectivity index (χ3n) is 15.3. The van der Waals surface area contributed by atoms with Gasteiger partial charge in [0.25, 0.3) is 0 Å². The third-order valence-corrected chi connectivity index (χ3v) is 18.0. The lowest BCUT2D eigenvalue weighted by Gasteiger charge is -2.19. The molecule has 10 rings (SSSR count). The largest absolute Gasteiger partial charge is 0.208 e. The summed E-state index contributed by atoms with van der Waals surface area (Å²) in [7, 11) is 32.0. The Morgan fingerprint density at radius 3 is 1.17 bits per heavy atom. The number of hydrogen-bond donors (Lipinski definition) is 0. The highest BCUT2D eigenvalue weighted by atomic mass is 32.1. The molecule has 0 saturated heterocycles. The van der Waals surface area contributed by atoms with Crippen LogP contribution in [0.2, 0.25) is 0 Å². The van der Waals surface area contributed by atoms with Gasteiger partial charge in [0, 0.05) is 35.5 Å². The van der Waals surface area contributed by atoms with Crippen molar-refractivity contribution in [2.75, 3.05) is 0 Å². The van der Waals surface area contributed by atoms with Crippen molar-refractivity contribution in [2.24, 2.45) is 0 Å². The van der Waals surface area contributed by atoms with Crippen LogP contribution in [0.25, 0.3) is 96.8 Å². The van der Waals surface area contributed by atoms with Crippen molar-refractivity contribution in [2.45, 2.75) is 0 Å². The van der Waals surface area contributed by atoms with Crippen LogP contribution in [0.3, 0.4) is 0 Å². The minimum Gasteiger partial charge on any atom is -0.208 e. The highest BCUT2D eigenvalue weighted by molar-refractivity contribution is 7.29. The maximum atomic E-state index is 5.63. The van der Waals surface area contributed by atoms with E-state index < -0.39 is 0 Å². The van der Waals surface area contributed by atoms with Crippen molar-refractivity contribution in [3.63, 3.8) is 0 Å². The van der Waals surface area contributed by atoms with Crippen molar-refractivity contribution in [3.8, 4) is 56.4 Å². The van der Waals surface area contributed by atoms with Gasteiger partial charge in [-0.3, -0.25) is 0 Å². The maximum absolute atomic E-state index is 5.63. The van der Waals surface area contributed by atoms with E-state index in [4.69, 9.17) is 15.0 Å². The predicted octanol–water partition coefficient (Wildman–Crippen LogP) is -11.4. The van der Waals surface area contributed by atoms with Gasteiger partial charge in [-0.2, -0.15) is 0 Å². The molecule has 0 radical (unpaired) electrons. The molecule has 290 valence electrons. The Morgan fingerprint density at radius 1 is 0.266 bits per heavy atom. The highest BCUT2D eigenvalue weighted by Gasteiger charge is 2.26. The number of thiophene rings is 2. The fourth-order valence-electron chi connectivity index (χ4n) is 10.3. The summed E-state index contributed by atoms with van der Waals surface area (Å²) < 4.78 is 5.36. The first kappa shape index (κ1) is 42.8. The molecule has 0 atom stereocenters. The molecule has 7 aromatic carbocycles. The zero-order chi connectivity index (χ0) is 45.2. The van der Waals surface area contributed by atoms with Crippen LogP contribution in [0.4, 0.5) is 0 Å². The van der Waals surface area contributed by atoms with Crippen LogP contribution in [0.15, 0.2) is 78.9 Å². The fraction of sp³-hybridized carbons (Fsp3) is 0. The van der Waals surface area contributed by atoms with Gasteiger partial charge in [0.2, 0.25) is 0 Å². The molecule has 0 unspecified atom stereocenters. The average Bonchev–Trinajstić information content (AvgIpc) is 3.92. The van der Waals surface area contributed by atoms with Gasteiger partial charge in [-0.15, -0.1) is 44.5 Å². The molecule has 0 saturated carbocycles. The molecule has 3 heterocycles. The van der Waals surface area contributed by atoms with Gasteiger partial charge in [0.05, 0.1) is 0 Å². The molecular weight excluding hydrogens is 798 g/mol. The molecule has 0 aliphatic carbocycles. The van der Waals surface area contributed by atoms with Crippen molar-refractivity contribution in [1.29, 1.82) is 0 Å². The smallest absolute Gasteiger partial charge is 0.164 e. The van der Waals surface area contributed by atoms with Crippen LogP contribution in [-0.4, -0.2) is 125 Å². The molecule has 10 aromatic rings. The second-order valence-corrected chi connectivity index (χ2v) is 20.4. The Bertz CT molecular complexity index is 3670. The maximum Gasteiger partial charge on any atom is 0.164 e. The Balaban J connectivity index is 1.26. The molecule has 0 fully saturated rings.